The van der Waals surface area contributed by atoms with Crippen molar-refractivity contribution in [3.63, 3.8) is 0 Å². The second kappa shape index (κ2) is 5.77. The molecular weight excluding hydrogens is 248 g/mol. The summed E-state index contributed by atoms with van der Waals surface area (Å²) in [6, 6.07) is -1.59. The van der Waals surface area contributed by atoms with Crippen LogP contribution >= 0.6 is 0 Å². The average Bonchev–Trinajstić information content (AvgIpc) is 2.64. The molecule has 1 aliphatic heterocycles. The molecule has 0 spiro atoms. The molecule has 19 heavy (non-hydrogen) atoms. The Hall–Kier alpha value is -1.30. The number of carboxylic acid groups (broad SMARTS) is 1. The molecule has 2 amide bonds. The van der Waals surface area contributed by atoms with Crippen LogP contribution in [-0.4, -0.2) is 52.3 Å². The van der Waals surface area contributed by atoms with Gasteiger partial charge in [-0.05, 0) is 17.8 Å². The Balaban J connectivity index is 2.76. The van der Waals surface area contributed by atoms with E-state index in [1.54, 1.807) is 20.8 Å². The van der Waals surface area contributed by atoms with Gasteiger partial charge in [-0.3, -0.25) is 0 Å². The molecule has 1 aliphatic rings. The molecule has 0 aromatic heterocycles. The van der Waals surface area contributed by atoms with Crippen molar-refractivity contribution in [1.82, 2.24) is 10.2 Å². The van der Waals surface area contributed by atoms with E-state index in [0.29, 0.717) is 6.54 Å². The summed E-state index contributed by atoms with van der Waals surface area (Å²) in [4.78, 5) is 24.9. The minimum Gasteiger partial charge on any atom is -0.480 e. The second-order valence-corrected chi connectivity index (χ2v) is 6.30. The van der Waals surface area contributed by atoms with Crippen molar-refractivity contribution >= 4 is 12.0 Å². The molecule has 1 rings (SSSR count). The molecule has 2 unspecified atom stereocenters. The van der Waals surface area contributed by atoms with Crippen molar-refractivity contribution in [3.05, 3.63) is 0 Å². The number of hydrogen-bond acceptors (Lipinski definition) is 3. The summed E-state index contributed by atoms with van der Waals surface area (Å²) in [5.74, 6) is -0.817. The van der Waals surface area contributed by atoms with E-state index in [-0.39, 0.29) is 18.6 Å². The van der Waals surface area contributed by atoms with Gasteiger partial charge >= 0.3 is 12.0 Å². The first-order chi connectivity index (χ1) is 8.68. The molecule has 0 aromatic rings. The number of aliphatic carboxylic acids is 1. The Labute approximate surface area is 113 Å². The highest BCUT2D eigenvalue weighted by Crippen LogP contribution is 2.25. The molecule has 0 saturated carbocycles. The minimum absolute atomic E-state index is 0.0954. The molecule has 0 aliphatic carbocycles. The Kier molecular flexibility index (Phi) is 4.79. The Morgan fingerprint density at radius 1 is 1.42 bits per heavy atom. The average molecular weight is 272 g/mol. The van der Waals surface area contributed by atoms with Gasteiger partial charge in [0.25, 0.3) is 0 Å². The summed E-state index contributed by atoms with van der Waals surface area (Å²) in [5, 5.41) is 21.1. The second-order valence-electron chi connectivity index (χ2n) is 6.30. The number of likely N-dealkylation sites (tertiary alicyclic amines) is 1. The summed E-state index contributed by atoms with van der Waals surface area (Å²) in [6.07, 6.45) is 0.825. The van der Waals surface area contributed by atoms with E-state index in [4.69, 9.17) is 0 Å². The van der Waals surface area contributed by atoms with E-state index in [2.05, 4.69) is 5.32 Å². The molecule has 0 aromatic carbocycles. The fraction of sp³-hybridized carbons (Fsp3) is 0.846. The van der Waals surface area contributed by atoms with Crippen LogP contribution in [0.3, 0.4) is 0 Å². The van der Waals surface area contributed by atoms with Crippen LogP contribution in [0.15, 0.2) is 0 Å². The normalized spacial score (nSPS) is 25.2. The highest BCUT2D eigenvalue weighted by Gasteiger charge is 2.38. The van der Waals surface area contributed by atoms with Crippen molar-refractivity contribution in [2.24, 2.45) is 11.3 Å². The molecule has 6 nitrogen and oxygen atoms in total. The molecule has 6 heteroatoms. The van der Waals surface area contributed by atoms with Crippen molar-refractivity contribution in [2.75, 3.05) is 13.2 Å². The zero-order valence-corrected chi connectivity index (χ0v) is 12.0. The Bertz CT molecular complexity index is 351. The van der Waals surface area contributed by atoms with Gasteiger partial charge in [-0.1, -0.05) is 27.7 Å². The SMILES string of the molecule is CC1CCN(C(=O)N[C@H](C(=O)O)C(C)(C)C)C1CO. The lowest BCUT2D eigenvalue weighted by molar-refractivity contribution is -0.142. The van der Waals surface area contributed by atoms with Gasteiger partial charge in [0.1, 0.15) is 6.04 Å². The first-order valence-electron chi connectivity index (χ1n) is 6.59. The van der Waals surface area contributed by atoms with Crippen molar-refractivity contribution in [2.45, 2.75) is 46.2 Å². The number of hydrogen-bond donors (Lipinski definition) is 3. The zero-order valence-electron chi connectivity index (χ0n) is 12.0. The lowest BCUT2D eigenvalue weighted by Gasteiger charge is -2.32. The highest BCUT2D eigenvalue weighted by atomic mass is 16.4. The van der Waals surface area contributed by atoms with E-state index in [0.717, 1.165) is 6.42 Å². The Morgan fingerprint density at radius 2 is 2.00 bits per heavy atom. The number of aliphatic hydroxyl groups excluding tert-OH is 1. The number of nitrogens with one attached hydrogen (secondary N) is 1. The third-order valence-electron chi connectivity index (χ3n) is 3.71. The number of nitrogens with zero attached hydrogens (tertiary/aromatic N) is 1. The first-order valence-corrected chi connectivity index (χ1v) is 6.59. The predicted octanol–water partition coefficient (Wildman–Crippen LogP) is 0.898. The van der Waals surface area contributed by atoms with Crippen LogP contribution in [0.4, 0.5) is 4.79 Å². The van der Waals surface area contributed by atoms with E-state index in [1.807, 2.05) is 6.92 Å². The first kappa shape index (κ1) is 15.8. The third-order valence-corrected chi connectivity index (χ3v) is 3.71. The molecule has 3 atom stereocenters. The summed E-state index contributed by atoms with van der Waals surface area (Å²) in [5.41, 5.74) is -0.568. The molecule has 1 fully saturated rings. The van der Waals surface area contributed by atoms with E-state index in [1.165, 1.54) is 4.90 Å². The summed E-state index contributed by atoms with van der Waals surface area (Å²) in [7, 11) is 0. The lowest BCUT2D eigenvalue weighted by atomic mass is 9.87. The van der Waals surface area contributed by atoms with Gasteiger partial charge in [0, 0.05) is 6.54 Å². The maximum absolute atomic E-state index is 12.2. The maximum atomic E-state index is 12.2. The van der Waals surface area contributed by atoms with Crippen LogP contribution in [0.2, 0.25) is 0 Å². The van der Waals surface area contributed by atoms with E-state index < -0.39 is 23.5 Å². The topological polar surface area (TPSA) is 89.9 Å². The third kappa shape index (κ3) is 3.59. The highest BCUT2D eigenvalue weighted by molar-refractivity contribution is 5.83. The fourth-order valence-corrected chi connectivity index (χ4v) is 2.39. The van der Waals surface area contributed by atoms with Crippen LogP contribution in [-0.2, 0) is 4.79 Å². The van der Waals surface area contributed by atoms with Crippen molar-refractivity contribution < 1.29 is 19.8 Å². The van der Waals surface area contributed by atoms with E-state index >= 15 is 0 Å². The minimum atomic E-state index is -1.05. The van der Waals surface area contributed by atoms with Crippen LogP contribution in [0, 0.1) is 11.3 Å². The van der Waals surface area contributed by atoms with Crippen LogP contribution in [0.25, 0.3) is 0 Å². The summed E-state index contributed by atoms with van der Waals surface area (Å²) < 4.78 is 0. The number of aliphatic hydroxyl groups is 1. The standard InChI is InChI=1S/C13H24N2O4/c1-8-5-6-15(9(8)7-16)12(19)14-10(11(17)18)13(2,3)4/h8-10,16H,5-7H2,1-4H3,(H,14,19)(H,17,18)/t8?,9?,10-/m1/s1. The number of amides is 2. The lowest BCUT2D eigenvalue weighted by Crippen LogP contribution is -2.55. The number of carbonyl (C=O) groups is 2. The quantitative estimate of drug-likeness (QED) is 0.712. The van der Waals surface area contributed by atoms with Gasteiger partial charge in [0.2, 0.25) is 0 Å². The van der Waals surface area contributed by atoms with Gasteiger partial charge in [-0.15, -0.1) is 0 Å². The largest absolute Gasteiger partial charge is 0.480 e. The number of rotatable bonds is 3. The molecule has 1 heterocycles. The smallest absolute Gasteiger partial charge is 0.326 e. The number of urea groups is 1. The molecule has 110 valence electrons. The van der Waals surface area contributed by atoms with Crippen LogP contribution in [0.1, 0.15) is 34.1 Å². The predicted molar refractivity (Wildman–Crippen MR) is 70.8 cm³/mol. The van der Waals surface area contributed by atoms with Crippen molar-refractivity contribution in [1.29, 1.82) is 0 Å². The maximum Gasteiger partial charge on any atom is 0.326 e. The zero-order chi connectivity index (χ0) is 14.8. The molecule has 3 N–H and O–H groups in total. The molecule has 0 radical (unpaired) electrons. The van der Waals surface area contributed by atoms with E-state index in [9.17, 15) is 19.8 Å². The van der Waals surface area contributed by atoms with Crippen LogP contribution in [0.5, 0.6) is 0 Å². The van der Waals surface area contributed by atoms with Crippen LogP contribution < -0.4 is 5.32 Å². The van der Waals surface area contributed by atoms with Gasteiger partial charge in [-0.2, -0.15) is 0 Å². The summed E-state index contributed by atoms with van der Waals surface area (Å²) >= 11 is 0. The van der Waals surface area contributed by atoms with Crippen molar-refractivity contribution in [3.8, 4) is 0 Å². The summed E-state index contributed by atoms with van der Waals surface area (Å²) in [6.45, 7) is 7.73. The van der Waals surface area contributed by atoms with Gasteiger partial charge < -0.3 is 20.4 Å². The molecule has 0 bridgehead atoms. The number of carbonyl (C=O) groups excluding carboxylic acids is 1. The monoisotopic (exact) mass is 272 g/mol. The fourth-order valence-electron chi connectivity index (χ4n) is 2.39. The van der Waals surface area contributed by atoms with Gasteiger partial charge in [-0.25, -0.2) is 9.59 Å². The Morgan fingerprint density at radius 3 is 2.42 bits per heavy atom. The molecular formula is C13H24N2O4. The number of carboxylic acids is 1. The van der Waals surface area contributed by atoms with Gasteiger partial charge in [0.15, 0.2) is 0 Å². The molecule has 1 saturated heterocycles. The van der Waals surface area contributed by atoms with Gasteiger partial charge in [0.05, 0.1) is 12.6 Å².